The lowest BCUT2D eigenvalue weighted by atomic mass is 9.79. The molecule has 250 valence electrons. The summed E-state index contributed by atoms with van der Waals surface area (Å²) in [5, 5.41) is 19.8. The minimum absolute atomic E-state index is 0.0263. The number of carbonyl (C=O) groups is 1. The Hall–Kier alpha value is -6.00. The van der Waals surface area contributed by atoms with E-state index in [-0.39, 0.29) is 38.6 Å². The van der Waals surface area contributed by atoms with E-state index < -0.39 is 17.6 Å². The molecule has 0 bridgehead atoms. The number of rotatable bonds is 16. The molecule has 0 aromatic heterocycles. The highest BCUT2D eigenvalue weighted by atomic mass is 16.5. The summed E-state index contributed by atoms with van der Waals surface area (Å²) in [6.07, 6.45) is -0.352. The third kappa shape index (κ3) is 8.11. The van der Waals surface area contributed by atoms with Crippen molar-refractivity contribution >= 4 is 11.8 Å². The smallest absolute Gasteiger partial charge is 0.252 e. The number of nitrogens with zero attached hydrogens (tertiary/aromatic N) is 7. The largest absolute Gasteiger partial charge is 0.496 e. The molecule has 0 unspecified atom stereocenters. The van der Waals surface area contributed by atoms with Gasteiger partial charge in [0.15, 0.2) is 11.6 Å². The maximum Gasteiger partial charge on any atom is 0.252 e. The molecule has 1 aliphatic heterocycles. The number of aliphatic hydroxyl groups excluding tert-OH is 1. The molecule has 2 N–H and O–H groups in total. The van der Waals surface area contributed by atoms with E-state index in [4.69, 9.17) is 35.4 Å². The molecule has 0 aliphatic carbocycles. The number of azide groups is 2. The van der Waals surface area contributed by atoms with E-state index >= 15 is 0 Å². The summed E-state index contributed by atoms with van der Waals surface area (Å²) in [6.45, 7) is 0.663. The molecule has 1 amide bonds. The van der Waals surface area contributed by atoms with Gasteiger partial charge in [0.25, 0.3) is 5.91 Å². The average molecular weight is 661 g/mol. The van der Waals surface area contributed by atoms with Crippen molar-refractivity contribution in [1.82, 2.24) is 5.32 Å². The highest BCUT2D eigenvalue weighted by Gasteiger charge is 2.54. The number of hydrogen-bond acceptors (Lipinski definition) is 8. The Bertz CT molecular complexity index is 1890. The SMILES string of the molecule is COc1ccccc1CNC(=O)[C@]1(Cc2ccccc2CN=[N+]=[N-])N=C(c2ccc(OCCCO)cc2)O[C@@H]1c1ccccc1CN=[N+]=[N-]. The summed E-state index contributed by atoms with van der Waals surface area (Å²) < 4.78 is 17.9. The van der Waals surface area contributed by atoms with Gasteiger partial charge in [-0.25, -0.2) is 4.99 Å². The lowest BCUT2D eigenvalue weighted by Gasteiger charge is -2.32. The molecule has 13 heteroatoms. The van der Waals surface area contributed by atoms with Gasteiger partial charge in [-0.05, 0) is 63.6 Å². The number of carbonyl (C=O) groups excluding carboxylic acids is 1. The number of para-hydroxylation sites is 1. The number of amides is 1. The zero-order valence-electron chi connectivity index (χ0n) is 27.0. The Labute approximate surface area is 283 Å². The van der Waals surface area contributed by atoms with E-state index in [0.29, 0.717) is 41.2 Å². The van der Waals surface area contributed by atoms with E-state index in [9.17, 15) is 4.79 Å². The number of hydrogen-bond donors (Lipinski definition) is 2. The van der Waals surface area contributed by atoms with Crippen LogP contribution in [0.15, 0.2) is 112 Å². The first-order valence-corrected chi connectivity index (χ1v) is 15.7. The van der Waals surface area contributed by atoms with Gasteiger partial charge in [-0.2, -0.15) is 0 Å². The maximum atomic E-state index is 14.8. The van der Waals surface area contributed by atoms with Crippen LogP contribution in [0.2, 0.25) is 0 Å². The topological polar surface area (TPSA) is 187 Å². The molecular weight excluding hydrogens is 624 g/mol. The molecule has 4 aromatic carbocycles. The molecule has 13 nitrogen and oxygen atoms in total. The Morgan fingerprint density at radius 3 is 2.22 bits per heavy atom. The second kappa shape index (κ2) is 16.7. The van der Waals surface area contributed by atoms with Crippen molar-refractivity contribution in [1.29, 1.82) is 0 Å². The van der Waals surface area contributed by atoms with Gasteiger partial charge in [0, 0.05) is 46.9 Å². The second-order valence-electron chi connectivity index (χ2n) is 11.2. The van der Waals surface area contributed by atoms with Crippen molar-refractivity contribution in [3.63, 3.8) is 0 Å². The van der Waals surface area contributed by atoms with Crippen LogP contribution in [0.25, 0.3) is 20.9 Å². The molecule has 4 aromatic rings. The fourth-order valence-electron chi connectivity index (χ4n) is 5.76. The molecule has 0 saturated carbocycles. The number of ether oxygens (including phenoxy) is 3. The Morgan fingerprint density at radius 2 is 1.53 bits per heavy atom. The standard InChI is InChI=1S/C36H36N8O5/c1-47-32-14-7-5-12-29(32)22-39-35(46)36(21-26-9-2-3-10-27(26)23-40-43-37)33(31-13-6-4-11-28(31)24-41-44-38)49-34(42-36)25-15-17-30(18-16-25)48-20-8-19-45/h2-7,9-18,33,45H,8,19-24H2,1H3,(H,39,46)/t33-,36-/m1/s1. The zero-order chi connectivity index (χ0) is 34.5. The van der Waals surface area contributed by atoms with Crippen LogP contribution in [0.5, 0.6) is 11.5 Å². The monoisotopic (exact) mass is 660 g/mol. The van der Waals surface area contributed by atoms with Crippen LogP contribution in [0.3, 0.4) is 0 Å². The molecule has 0 fully saturated rings. The van der Waals surface area contributed by atoms with Gasteiger partial charge in [0.05, 0.1) is 26.8 Å². The van der Waals surface area contributed by atoms with Crippen LogP contribution in [0.4, 0.5) is 0 Å². The molecule has 0 spiro atoms. The molecule has 0 saturated heterocycles. The molecular formula is C36H36N8O5. The second-order valence-corrected chi connectivity index (χ2v) is 11.2. The van der Waals surface area contributed by atoms with E-state index in [1.165, 1.54) is 0 Å². The van der Waals surface area contributed by atoms with Crippen molar-refractivity contribution in [2.24, 2.45) is 15.2 Å². The van der Waals surface area contributed by atoms with Crippen LogP contribution >= 0.6 is 0 Å². The Kier molecular flexibility index (Phi) is 11.7. The minimum Gasteiger partial charge on any atom is -0.496 e. The number of methoxy groups -OCH3 is 1. The van der Waals surface area contributed by atoms with Crippen LogP contribution in [-0.4, -0.2) is 42.8 Å². The number of aliphatic hydroxyl groups is 1. The van der Waals surface area contributed by atoms with Crippen molar-refractivity contribution in [2.45, 2.75) is 44.1 Å². The van der Waals surface area contributed by atoms with Gasteiger partial charge in [-0.1, -0.05) is 77.0 Å². The summed E-state index contributed by atoms with van der Waals surface area (Å²) in [6, 6.07) is 29.3. The lowest BCUT2D eigenvalue weighted by molar-refractivity contribution is -0.129. The zero-order valence-corrected chi connectivity index (χ0v) is 27.0. The van der Waals surface area contributed by atoms with Crippen molar-refractivity contribution in [3.8, 4) is 11.5 Å². The summed E-state index contributed by atoms with van der Waals surface area (Å²) in [5.74, 6) is 1.07. The van der Waals surface area contributed by atoms with Crippen molar-refractivity contribution < 1.29 is 24.1 Å². The van der Waals surface area contributed by atoms with Crippen LogP contribution in [0, 0.1) is 0 Å². The average Bonchev–Trinajstić information content (AvgIpc) is 3.53. The van der Waals surface area contributed by atoms with E-state index in [0.717, 1.165) is 16.7 Å². The predicted octanol–water partition coefficient (Wildman–Crippen LogP) is 6.89. The van der Waals surface area contributed by atoms with Gasteiger partial charge in [-0.3, -0.25) is 4.79 Å². The number of benzene rings is 4. The molecule has 49 heavy (non-hydrogen) atoms. The number of aliphatic imine (C=N–C) groups is 1. The lowest BCUT2D eigenvalue weighted by Crippen LogP contribution is -2.50. The van der Waals surface area contributed by atoms with Crippen molar-refractivity contribution in [2.75, 3.05) is 20.3 Å². The Balaban J connectivity index is 1.65. The van der Waals surface area contributed by atoms with Gasteiger partial charge < -0.3 is 24.6 Å². The first-order chi connectivity index (χ1) is 24.0. The van der Waals surface area contributed by atoms with E-state index in [1.54, 1.807) is 31.4 Å². The van der Waals surface area contributed by atoms with Gasteiger partial charge in [0.1, 0.15) is 11.5 Å². The van der Waals surface area contributed by atoms with Crippen LogP contribution in [-0.2, 0) is 35.6 Å². The highest BCUT2D eigenvalue weighted by molar-refractivity contribution is 6.01. The Morgan fingerprint density at radius 1 is 0.898 bits per heavy atom. The van der Waals surface area contributed by atoms with E-state index in [1.807, 2.05) is 72.8 Å². The van der Waals surface area contributed by atoms with Gasteiger partial charge in [-0.15, -0.1) is 0 Å². The summed E-state index contributed by atoms with van der Waals surface area (Å²) >= 11 is 0. The van der Waals surface area contributed by atoms with Crippen LogP contribution in [0.1, 0.15) is 45.9 Å². The summed E-state index contributed by atoms with van der Waals surface area (Å²) in [4.78, 5) is 25.8. The predicted molar refractivity (Wildman–Crippen MR) is 184 cm³/mol. The molecule has 0 radical (unpaired) electrons. The molecule has 1 aliphatic rings. The molecule has 1 heterocycles. The molecule has 5 rings (SSSR count). The van der Waals surface area contributed by atoms with Crippen LogP contribution < -0.4 is 14.8 Å². The first kappa shape index (κ1) is 34.3. The minimum atomic E-state index is -1.56. The van der Waals surface area contributed by atoms with Gasteiger partial charge in [0.2, 0.25) is 5.90 Å². The quantitative estimate of drug-likeness (QED) is 0.0572. The number of nitrogens with one attached hydrogen (secondary N) is 1. The maximum absolute atomic E-state index is 14.8. The third-order valence-electron chi connectivity index (χ3n) is 8.19. The first-order valence-electron chi connectivity index (χ1n) is 15.7. The highest BCUT2D eigenvalue weighted by Crippen LogP contribution is 2.44. The fourth-order valence-corrected chi connectivity index (χ4v) is 5.76. The van der Waals surface area contributed by atoms with Crippen molar-refractivity contribution in [3.05, 3.63) is 151 Å². The fraction of sp³-hybridized carbons (Fsp3) is 0.278. The van der Waals surface area contributed by atoms with Gasteiger partial charge >= 0.3 is 0 Å². The summed E-state index contributed by atoms with van der Waals surface area (Å²) in [5.41, 5.74) is 20.9. The third-order valence-corrected chi connectivity index (χ3v) is 8.19. The normalized spacial score (nSPS) is 16.4. The molecule has 2 atom stereocenters. The van der Waals surface area contributed by atoms with E-state index in [2.05, 4.69) is 25.4 Å². The summed E-state index contributed by atoms with van der Waals surface area (Å²) in [7, 11) is 1.57.